The van der Waals surface area contributed by atoms with Crippen LogP contribution in [0.4, 0.5) is 5.69 Å². The standard InChI is InChI=1S/C27H29N5O2/c1-4-28-12-7-13-32-16-21(19-14-17(31(2)3)10-11-23(19)32)25-24(26(33)30-27(25)34)20-15-29-22-9-6-5-8-18(20)22/h5-6,8-11,14-16,28-29H,4,7,12-13H2,1-3H3,(H,30,33,34). The minimum atomic E-state index is -0.360. The van der Waals surface area contributed by atoms with Crippen molar-refractivity contribution in [3.05, 3.63) is 66.0 Å². The molecule has 1 aliphatic rings. The van der Waals surface area contributed by atoms with Crippen LogP contribution in [0, 0.1) is 0 Å². The number of anilines is 1. The molecule has 2 aromatic heterocycles. The second-order valence-corrected chi connectivity index (χ2v) is 8.82. The van der Waals surface area contributed by atoms with Crippen LogP contribution < -0.4 is 15.5 Å². The van der Waals surface area contributed by atoms with Crippen LogP contribution in [0.2, 0.25) is 0 Å². The third-order valence-corrected chi connectivity index (χ3v) is 6.44. The third kappa shape index (κ3) is 3.68. The van der Waals surface area contributed by atoms with Crippen LogP contribution in [-0.2, 0) is 16.1 Å². The number of aryl methyl sites for hydroxylation is 1. The van der Waals surface area contributed by atoms with E-state index in [2.05, 4.69) is 45.3 Å². The number of para-hydroxylation sites is 1. The number of carbonyl (C=O) groups is 2. The molecule has 7 nitrogen and oxygen atoms in total. The molecule has 0 bridgehead atoms. The Balaban J connectivity index is 1.72. The lowest BCUT2D eigenvalue weighted by molar-refractivity contribution is -0.122. The van der Waals surface area contributed by atoms with Crippen LogP contribution in [0.25, 0.3) is 33.0 Å². The summed E-state index contributed by atoms with van der Waals surface area (Å²) in [7, 11) is 3.99. The van der Waals surface area contributed by atoms with E-state index in [4.69, 9.17) is 0 Å². The quantitative estimate of drug-likeness (QED) is 0.279. The van der Waals surface area contributed by atoms with E-state index >= 15 is 0 Å². The van der Waals surface area contributed by atoms with E-state index in [0.29, 0.717) is 11.1 Å². The molecule has 3 N–H and O–H groups in total. The average molecular weight is 456 g/mol. The van der Waals surface area contributed by atoms with Crippen LogP contribution >= 0.6 is 0 Å². The van der Waals surface area contributed by atoms with Crippen molar-refractivity contribution in [3.8, 4) is 0 Å². The highest BCUT2D eigenvalue weighted by Crippen LogP contribution is 2.39. The van der Waals surface area contributed by atoms with Gasteiger partial charge in [-0.2, -0.15) is 0 Å². The summed E-state index contributed by atoms with van der Waals surface area (Å²) < 4.78 is 2.19. The van der Waals surface area contributed by atoms with E-state index in [1.807, 2.05) is 55.7 Å². The van der Waals surface area contributed by atoms with Crippen molar-refractivity contribution in [3.63, 3.8) is 0 Å². The average Bonchev–Trinajstić information content (AvgIpc) is 3.49. The predicted octanol–water partition coefficient (Wildman–Crippen LogP) is 3.76. The largest absolute Gasteiger partial charge is 0.378 e. The summed E-state index contributed by atoms with van der Waals surface area (Å²) in [6, 6.07) is 14.1. The fourth-order valence-corrected chi connectivity index (χ4v) is 4.75. The highest BCUT2D eigenvalue weighted by atomic mass is 16.2. The summed E-state index contributed by atoms with van der Waals surface area (Å²) in [6.07, 6.45) is 4.81. The highest BCUT2D eigenvalue weighted by Gasteiger charge is 2.35. The molecule has 0 radical (unpaired) electrons. The fraction of sp³-hybridized carbons (Fsp3) is 0.259. The van der Waals surface area contributed by atoms with Crippen molar-refractivity contribution >= 4 is 50.5 Å². The second-order valence-electron chi connectivity index (χ2n) is 8.82. The zero-order chi connectivity index (χ0) is 23.8. The molecule has 7 heteroatoms. The lowest BCUT2D eigenvalue weighted by Crippen LogP contribution is -2.22. The maximum Gasteiger partial charge on any atom is 0.259 e. The first kappa shape index (κ1) is 22.0. The van der Waals surface area contributed by atoms with Crippen LogP contribution in [0.1, 0.15) is 24.5 Å². The van der Waals surface area contributed by atoms with Crippen molar-refractivity contribution in [1.29, 1.82) is 0 Å². The van der Waals surface area contributed by atoms with Crippen molar-refractivity contribution in [1.82, 2.24) is 20.2 Å². The second kappa shape index (κ2) is 8.83. The molecular formula is C27H29N5O2. The molecule has 0 saturated carbocycles. The zero-order valence-electron chi connectivity index (χ0n) is 19.7. The lowest BCUT2D eigenvalue weighted by Gasteiger charge is -2.13. The van der Waals surface area contributed by atoms with E-state index in [0.717, 1.165) is 64.7 Å². The van der Waals surface area contributed by atoms with Gasteiger partial charge in [-0.15, -0.1) is 0 Å². The van der Waals surface area contributed by atoms with Crippen molar-refractivity contribution in [2.45, 2.75) is 19.9 Å². The predicted molar refractivity (Wildman–Crippen MR) is 138 cm³/mol. The first-order valence-corrected chi connectivity index (χ1v) is 11.7. The third-order valence-electron chi connectivity index (χ3n) is 6.44. The molecule has 0 saturated heterocycles. The van der Waals surface area contributed by atoms with Gasteiger partial charge in [-0.25, -0.2) is 0 Å². The van der Waals surface area contributed by atoms with E-state index in [9.17, 15) is 9.59 Å². The number of nitrogens with one attached hydrogen (secondary N) is 3. The molecular weight excluding hydrogens is 426 g/mol. The minimum absolute atomic E-state index is 0.354. The molecule has 34 heavy (non-hydrogen) atoms. The van der Waals surface area contributed by atoms with Crippen LogP contribution in [-0.4, -0.2) is 48.6 Å². The molecule has 0 aliphatic carbocycles. The van der Waals surface area contributed by atoms with E-state index in [1.54, 1.807) is 0 Å². The van der Waals surface area contributed by atoms with Gasteiger partial charge in [-0.3, -0.25) is 14.9 Å². The number of aromatic nitrogens is 2. The number of amides is 2. The minimum Gasteiger partial charge on any atom is -0.378 e. The monoisotopic (exact) mass is 455 g/mol. The summed E-state index contributed by atoms with van der Waals surface area (Å²) in [5, 5.41) is 7.79. The number of imide groups is 1. The van der Waals surface area contributed by atoms with Crippen molar-refractivity contribution in [2.75, 3.05) is 32.1 Å². The van der Waals surface area contributed by atoms with Crippen molar-refractivity contribution in [2.24, 2.45) is 0 Å². The molecule has 174 valence electrons. The number of rotatable bonds is 8. The Bertz CT molecular complexity index is 1440. The molecule has 1 aliphatic heterocycles. The van der Waals surface area contributed by atoms with Gasteiger partial charge >= 0.3 is 0 Å². The maximum atomic E-state index is 13.2. The summed E-state index contributed by atoms with van der Waals surface area (Å²) in [4.78, 5) is 31.5. The summed E-state index contributed by atoms with van der Waals surface area (Å²) in [6.45, 7) is 4.77. The van der Waals surface area contributed by atoms with E-state index in [-0.39, 0.29) is 11.8 Å². The van der Waals surface area contributed by atoms with Crippen LogP contribution in [0.3, 0.4) is 0 Å². The number of H-pyrrole nitrogens is 1. The molecule has 2 amide bonds. The number of fused-ring (bicyclic) bond motifs is 2. The Kier molecular flexibility index (Phi) is 5.71. The molecule has 3 heterocycles. The molecule has 0 atom stereocenters. The molecule has 0 spiro atoms. The normalized spacial score (nSPS) is 14.0. The van der Waals surface area contributed by atoms with Gasteiger partial charge in [0.05, 0.1) is 11.1 Å². The van der Waals surface area contributed by atoms with Crippen LogP contribution in [0.15, 0.2) is 54.9 Å². The zero-order valence-corrected chi connectivity index (χ0v) is 19.7. The van der Waals surface area contributed by atoms with Gasteiger partial charge in [0.2, 0.25) is 0 Å². The maximum absolute atomic E-state index is 13.2. The Morgan fingerprint density at radius 3 is 2.50 bits per heavy atom. The van der Waals surface area contributed by atoms with Gasteiger partial charge < -0.3 is 19.8 Å². The Morgan fingerprint density at radius 2 is 1.74 bits per heavy atom. The van der Waals surface area contributed by atoms with Crippen molar-refractivity contribution < 1.29 is 9.59 Å². The van der Waals surface area contributed by atoms with Gasteiger partial charge in [0.15, 0.2) is 0 Å². The van der Waals surface area contributed by atoms with E-state index in [1.165, 1.54) is 0 Å². The summed E-state index contributed by atoms with van der Waals surface area (Å²) >= 11 is 0. The van der Waals surface area contributed by atoms with Gasteiger partial charge in [-0.05, 0) is 43.8 Å². The smallest absolute Gasteiger partial charge is 0.259 e. The first-order chi connectivity index (χ1) is 16.5. The Morgan fingerprint density at radius 1 is 0.971 bits per heavy atom. The molecule has 4 aromatic rings. The number of aromatic amines is 1. The van der Waals surface area contributed by atoms with Gasteiger partial charge in [0.25, 0.3) is 11.8 Å². The van der Waals surface area contributed by atoms with Gasteiger partial charge in [0, 0.05) is 71.7 Å². The fourth-order valence-electron chi connectivity index (χ4n) is 4.75. The number of benzene rings is 2. The summed E-state index contributed by atoms with van der Waals surface area (Å²) in [5.41, 5.74) is 5.40. The first-order valence-electron chi connectivity index (χ1n) is 11.7. The molecule has 0 fully saturated rings. The molecule has 0 unspecified atom stereocenters. The SMILES string of the molecule is CCNCCCn1cc(C2=C(c3c[nH]c4ccccc34)C(=O)NC2=O)c2cc(N(C)C)ccc21. The lowest BCUT2D eigenvalue weighted by atomic mass is 9.95. The highest BCUT2D eigenvalue weighted by molar-refractivity contribution is 6.50. The molecule has 5 rings (SSSR count). The number of nitrogens with zero attached hydrogens (tertiary/aromatic N) is 2. The Labute approximate surface area is 198 Å². The number of carbonyl (C=O) groups excluding carboxylic acids is 2. The van der Waals surface area contributed by atoms with Gasteiger partial charge in [-0.1, -0.05) is 25.1 Å². The number of hydrogen-bond donors (Lipinski definition) is 3. The van der Waals surface area contributed by atoms with E-state index < -0.39 is 0 Å². The molecule has 2 aromatic carbocycles. The van der Waals surface area contributed by atoms with Gasteiger partial charge in [0.1, 0.15) is 0 Å². The Hall–Kier alpha value is -3.84. The van der Waals surface area contributed by atoms with Crippen LogP contribution in [0.5, 0.6) is 0 Å². The summed E-state index contributed by atoms with van der Waals surface area (Å²) in [5.74, 6) is -0.714. The topological polar surface area (TPSA) is 82.2 Å². The number of hydrogen-bond acceptors (Lipinski definition) is 4.